The van der Waals surface area contributed by atoms with Crippen LogP contribution in [0.1, 0.15) is 63.0 Å². The van der Waals surface area contributed by atoms with Gasteiger partial charge in [-0.2, -0.15) is 0 Å². The quantitative estimate of drug-likeness (QED) is 0.543. The highest BCUT2D eigenvalue weighted by Crippen LogP contribution is 2.34. The second-order valence-electron chi connectivity index (χ2n) is 8.42. The van der Waals surface area contributed by atoms with Crippen molar-refractivity contribution in [2.24, 2.45) is 16.3 Å². The van der Waals surface area contributed by atoms with Crippen molar-refractivity contribution in [3.63, 3.8) is 0 Å². The predicted molar refractivity (Wildman–Crippen MR) is 116 cm³/mol. The van der Waals surface area contributed by atoms with E-state index in [0.717, 1.165) is 51.5 Å². The number of nitrogens with zero attached hydrogens (tertiary/aromatic N) is 2. The normalized spacial score (nSPS) is 21.3. The van der Waals surface area contributed by atoms with Gasteiger partial charge in [-0.15, -0.1) is 11.3 Å². The van der Waals surface area contributed by atoms with Crippen molar-refractivity contribution in [1.29, 1.82) is 0 Å². The largest absolute Gasteiger partial charge is 0.377 e. The van der Waals surface area contributed by atoms with Gasteiger partial charge in [-0.25, -0.2) is 4.98 Å². The maximum Gasteiger partial charge on any atom is 0.191 e. The van der Waals surface area contributed by atoms with E-state index >= 15 is 0 Å². The van der Waals surface area contributed by atoms with E-state index in [2.05, 4.69) is 52.2 Å². The molecule has 1 fully saturated rings. The van der Waals surface area contributed by atoms with Gasteiger partial charge in [-0.3, -0.25) is 4.99 Å². The molecule has 154 valence electrons. The summed E-state index contributed by atoms with van der Waals surface area (Å²) in [6.45, 7) is 16.7. The topological polar surface area (TPSA) is 58.5 Å². The minimum Gasteiger partial charge on any atom is -0.377 e. The van der Waals surface area contributed by atoms with Crippen LogP contribution in [0.3, 0.4) is 0 Å². The average molecular weight is 395 g/mol. The summed E-state index contributed by atoms with van der Waals surface area (Å²) in [5.41, 5.74) is 1.40. The second-order valence-corrected chi connectivity index (χ2v) is 9.71. The van der Waals surface area contributed by atoms with Crippen molar-refractivity contribution in [3.8, 4) is 0 Å². The molecule has 1 aliphatic rings. The molecule has 6 heteroatoms. The molecule has 2 unspecified atom stereocenters. The summed E-state index contributed by atoms with van der Waals surface area (Å²) >= 11 is 1.82. The van der Waals surface area contributed by atoms with Crippen molar-refractivity contribution >= 4 is 17.3 Å². The Morgan fingerprint density at radius 1 is 1.30 bits per heavy atom. The van der Waals surface area contributed by atoms with Gasteiger partial charge < -0.3 is 15.4 Å². The van der Waals surface area contributed by atoms with E-state index in [1.54, 1.807) is 0 Å². The first-order valence-electron chi connectivity index (χ1n) is 10.4. The van der Waals surface area contributed by atoms with Crippen molar-refractivity contribution in [2.75, 3.05) is 26.2 Å². The highest BCUT2D eigenvalue weighted by Gasteiger charge is 2.35. The number of hydrogen-bond donors (Lipinski definition) is 2. The minimum atomic E-state index is 0.159. The molecule has 2 heterocycles. The highest BCUT2D eigenvalue weighted by molar-refractivity contribution is 7.11. The lowest BCUT2D eigenvalue weighted by Gasteiger charge is -2.39. The number of aromatic nitrogens is 1. The Hall–Kier alpha value is -1.14. The van der Waals surface area contributed by atoms with Gasteiger partial charge in [-0.1, -0.05) is 27.7 Å². The zero-order valence-electron chi connectivity index (χ0n) is 18.0. The van der Waals surface area contributed by atoms with Crippen LogP contribution < -0.4 is 10.6 Å². The van der Waals surface area contributed by atoms with E-state index in [1.165, 1.54) is 22.0 Å². The lowest BCUT2D eigenvalue weighted by molar-refractivity contribution is -0.0823. The number of aliphatic imine (C=N–C) groups is 1. The van der Waals surface area contributed by atoms with Gasteiger partial charge in [0.1, 0.15) is 0 Å². The molecule has 27 heavy (non-hydrogen) atoms. The van der Waals surface area contributed by atoms with Gasteiger partial charge in [-0.05, 0) is 38.5 Å². The Morgan fingerprint density at radius 3 is 2.70 bits per heavy atom. The molecule has 2 rings (SSSR count). The molecule has 1 aliphatic heterocycles. The summed E-state index contributed by atoms with van der Waals surface area (Å²) in [5, 5.41) is 8.05. The van der Waals surface area contributed by atoms with Gasteiger partial charge >= 0.3 is 0 Å². The van der Waals surface area contributed by atoms with Crippen molar-refractivity contribution in [3.05, 3.63) is 15.6 Å². The summed E-state index contributed by atoms with van der Waals surface area (Å²) < 4.78 is 6.09. The van der Waals surface area contributed by atoms with E-state index in [0.29, 0.717) is 5.92 Å². The molecule has 0 amide bonds. The maximum absolute atomic E-state index is 6.09. The van der Waals surface area contributed by atoms with Gasteiger partial charge in [0.25, 0.3) is 0 Å². The first kappa shape index (κ1) is 22.2. The van der Waals surface area contributed by atoms with E-state index in [4.69, 9.17) is 14.7 Å². The first-order valence-corrected chi connectivity index (χ1v) is 11.3. The number of ether oxygens (including phenoxy) is 1. The number of rotatable bonds is 7. The van der Waals surface area contributed by atoms with E-state index in [-0.39, 0.29) is 11.5 Å². The third kappa shape index (κ3) is 6.75. The molecule has 1 aromatic heterocycles. The molecule has 1 saturated heterocycles. The maximum atomic E-state index is 6.09. The van der Waals surface area contributed by atoms with Crippen LogP contribution >= 0.6 is 11.3 Å². The summed E-state index contributed by atoms with van der Waals surface area (Å²) in [4.78, 5) is 10.9. The Bertz CT molecular complexity index is 606. The van der Waals surface area contributed by atoms with E-state index < -0.39 is 0 Å². The van der Waals surface area contributed by atoms with Crippen LogP contribution in [0.2, 0.25) is 0 Å². The molecular formula is C21H38N4OS. The Morgan fingerprint density at radius 2 is 2.07 bits per heavy atom. The average Bonchev–Trinajstić information content (AvgIpc) is 2.99. The fourth-order valence-electron chi connectivity index (χ4n) is 3.75. The monoisotopic (exact) mass is 394 g/mol. The molecule has 0 spiro atoms. The Balaban J connectivity index is 1.90. The van der Waals surface area contributed by atoms with E-state index in [1.807, 2.05) is 11.3 Å². The highest BCUT2D eigenvalue weighted by atomic mass is 32.1. The summed E-state index contributed by atoms with van der Waals surface area (Å²) in [6, 6.07) is 0. The van der Waals surface area contributed by atoms with Crippen molar-refractivity contribution < 1.29 is 4.74 Å². The SMILES string of the molecule is CCNC(=NCC1CCCOC1C(C)(C)C)NCCc1nc(CC)c(C)s1. The molecule has 0 saturated carbocycles. The fraction of sp³-hybridized carbons (Fsp3) is 0.810. The van der Waals surface area contributed by atoms with E-state index in [9.17, 15) is 0 Å². The van der Waals surface area contributed by atoms with Crippen LogP contribution in [0.25, 0.3) is 0 Å². The van der Waals surface area contributed by atoms with Crippen LogP contribution in [-0.2, 0) is 17.6 Å². The zero-order chi connectivity index (χ0) is 19.9. The number of guanidine groups is 1. The lowest BCUT2D eigenvalue weighted by atomic mass is 9.78. The molecule has 0 aliphatic carbocycles. The molecule has 5 nitrogen and oxygen atoms in total. The lowest BCUT2D eigenvalue weighted by Crippen LogP contribution is -2.43. The molecule has 0 bridgehead atoms. The van der Waals surface area contributed by atoms with Gasteiger partial charge in [0.2, 0.25) is 0 Å². The number of aryl methyl sites for hydroxylation is 2. The molecule has 2 N–H and O–H groups in total. The number of nitrogens with one attached hydrogen (secondary N) is 2. The fourth-order valence-corrected chi connectivity index (χ4v) is 4.77. The third-order valence-electron chi connectivity index (χ3n) is 5.03. The molecule has 0 aromatic carbocycles. The molecule has 0 radical (unpaired) electrons. The van der Waals surface area contributed by atoms with Gasteiger partial charge in [0.05, 0.1) is 16.8 Å². The van der Waals surface area contributed by atoms with Crippen LogP contribution in [0.4, 0.5) is 0 Å². The molecule has 1 aromatic rings. The summed E-state index contributed by atoms with van der Waals surface area (Å²) in [7, 11) is 0. The van der Waals surface area contributed by atoms with Crippen LogP contribution in [0, 0.1) is 18.3 Å². The smallest absolute Gasteiger partial charge is 0.191 e. The summed E-state index contributed by atoms with van der Waals surface area (Å²) in [5.74, 6) is 1.39. The Labute approximate surface area is 169 Å². The standard InChI is InChI=1S/C21H38N4OS/c1-7-17-15(3)27-18(25-17)11-12-23-20(22-8-2)24-14-16-10-9-13-26-19(16)21(4,5)6/h16,19H,7-14H2,1-6H3,(H2,22,23,24). The minimum absolute atomic E-state index is 0.159. The second kappa shape index (κ2) is 10.4. The number of thiazole rings is 1. The molecule has 2 atom stereocenters. The third-order valence-corrected chi connectivity index (χ3v) is 6.10. The Kier molecular flexibility index (Phi) is 8.55. The van der Waals surface area contributed by atoms with Crippen molar-refractivity contribution in [1.82, 2.24) is 15.6 Å². The van der Waals surface area contributed by atoms with Crippen LogP contribution in [-0.4, -0.2) is 43.3 Å². The first-order chi connectivity index (χ1) is 12.8. The number of hydrogen-bond acceptors (Lipinski definition) is 4. The predicted octanol–water partition coefficient (Wildman–Crippen LogP) is 3.95. The van der Waals surface area contributed by atoms with Gasteiger partial charge in [0, 0.05) is 43.5 Å². The zero-order valence-corrected chi connectivity index (χ0v) is 18.8. The van der Waals surface area contributed by atoms with Crippen LogP contribution in [0.15, 0.2) is 4.99 Å². The van der Waals surface area contributed by atoms with Gasteiger partial charge in [0.15, 0.2) is 5.96 Å². The molecular weight excluding hydrogens is 356 g/mol. The summed E-state index contributed by atoms with van der Waals surface area (Å²) in [6.07, 6.45) is 4.57. The van der Waals surface area contributed by atoms with Crippen LogP contribution in [0.5, 0.6) is 0 Å². The van der Waals surface area contributed by atoms with Crippen molar-refractivity contribution in [2.45, 2.75) is 73.3 Å².